The van der Waals surface area contributed by atoms with Crippen LogP contribution in [0.3, 0.4) is 0 Å². The van der Waals surface area contributed by atoms with E-state index in [9.17, 15) is 19.8 Å². The predicted octanol–water partition coefficient (Wildman–Crippen LogP) is -0.712. The van der Waals surface area contributed by atoms with Gasteiger partial charge in [0.15, 0.2) is 0 Å². The largest absolute Gasteiger partial charge is 0.393 e. The quantitative estimate of drug-likeness (QED) is 0.635. The Balaban J connectivity index is 2.50. The Morgan fingerprint density at radius 1 is 1.60 bits per heavy atom. The van der Waals surface area contributed by atoms with Gasteiger partial charge in [0, 0.05) is 17.7 Å². The Kier molecular flexibility index (Phi) is 3.68. The molecule has 0 spiro atoms. The first-order chi connectivity index (χ1) is 9.36. The van der Waals surface area contributed by atoms with Crippen molar-refractivity contribution in [2.45, 2.75) is 31.8 Å². The lowest BCUT2D eigenvalue weighted by Gasteiger charge is -2.26. The van der Waals surface area contributed by atoms with E-state index in [0.717, 1.165) is 0 Å². The maximum atomic E-state index is 11.9. The van der Waals surface area contributed by atoms with Gasteiger partial charge in [-0.2, -0.15) is 0 Å². The van der Waals surface area contributed by atoms with E-state index in [4.69, 9.17) is 4.74 Å². The Hall–Kier alpha value is -1.70. The average Bonchev–Trinajstić information content (AvgIpc) is 2.68. The van der Waals surface area contributed by atoms with Crippen LogP contribution in [-0.2, 0) is 4.74 Å². The van der Waals surface area contributed by atoms with Gasteiger partial charge in [0.2, 0.25) is 0 Å². The maximum absolute atomic E-state index is 11.9. The molecule has 1 aromatic rings. The molecule has 1 aromatic heterocycles. The van der Waals surface area contributed by atoms with Gasteiger partial charge < -0.3 is 14.9 Å². The number of ether oxygens (including phenoxy) is 1. The minimum atomic E-state index is -1.31. The number of H-pyrrole nitrogens is 1. The number of aliphatic hydroxyl groups is 2. The van der Waals surface area contributed by atoms with Crippen LogP contribution < -0.4 is 11.2 Å². The van der Waals surface area contributed by atoms with E-state index in [1.807, 2.05) is 0 Å². The molecule has 110 valence electrons. The highest BCUT2D eigenvalue weighted by molar-refractivity contribution is 5.10. The molecule has 1 fully saturated rings. The molecular weight excluding hydrogens is 264 g/mol. The first-order valence-corrected chi connectivity index (χ1v) is 6.28. The summed E-state index contributed by atoms with van der Waals surface area (Å²) in [5, 5.41) is 19.6. The van der Waals surface area contributed by atoms with Gasteiger partial charge in [-0.15, -0.1) is 6.58 Å². The zero-order valence-corrected chi connectivity index (χ0v) is 11.4. The molecule has 1 aliphatic heterocycles. The van der Waals surface area contributed by atoms with E-state index < -0.39 is 41.7 Å². The van der Waals surface area contributed by atoms with Gasteiger partial charge in [0.05, 0.1) is 12.7 Å². The molecule has 2 heterocycles. The molecule has 0 saturated carbocycles. The number of aryl methyl sites for hydroxylation is 1. The maximum Gasteiger partial charge on any atom is 0.330 e. The molecule has 0 bridgehead atoms. The number of hydrogen-bond donors (Lipinski definition) is 3. The van der Waals surface area contributed by atoms with Crippen molar-refractivity contribution < 1.29 is 14.9 Å². The molecule has 7 heteroatoms. The third kappa shape index (κ3) is 2.04. The molecule has 20 heavy (non-hydrogen) atoms. The van der Waals surface area contributed by atoms with Crippen LogP contribution in [0.5, 0.6) is 0 Å². The Bertz CT molecular complexity index is 634. The van der Waals surface area contributed by atoms with Gasteiger partial charge >= 0.3 is 5.69 Å². The fourth-order valence-electron chi connectivity index (χ4n) is 2.45. The van der Waals surface area contributed by atoms with Crippen LogP contribution in [-0.4, -0.2) is 38.1 Å². The zero-order valence-electron chi connectivity index (χ0n) is 11.4. The third-order valence-corrected chi connectivity index (χ3v) is 3.80. The summed E-state index contributed by atoms with van der Waals surface area (Å²) in [4.78, 5) is 25.4. The van der Waals surface area contributed by atoms with E-state index in [0.29, 0.717) is 5.56 Å². The highest BCUT2D eigenvalue weighted by atomic mass is 16.6. The number of nitrogens with zero attached hydrogens (tertiary/aromatic N) is 1. The second-order valence-corrected chi connectivity index (χ2v) is 5.11. The Labute approximate surface area is 115 Å². The third-order valence-electron chi connectivity index (χ3n) is 3.80. The predicted molar refractivity (Wildman–Crippen MR) is 71.4 cm³/mol. The summed E-state index contributed by atoms with van der Waals surface area (Å²) in [6, 6.07) is 0. The minimum absolute atomic E-state index is 0.356. The summed E-state index contributed by atoms with van der Waals surface area (Å²) in [5.74, 6) is -0.455. The number of aromatic nitrogens is 2. The van der Waals surface area contributed by atoms with Gasteiger partial charge in [-0.1, -0.05) is 13.0 Å². The van der Waals surface area contributed by atoms with Crippen LogP contribution in [0.4, 0.5) is 0 Å². The number of nitrogens with one attached hydrogen (secondary N) is 1. The average molecular weight is 282 g/mol. The van der Waals surface area contributed by atoms with E-state index >= 15 is 0 Å². The summed E-state index contributed by atoms with van der Waals surface area (Å²) in [5.41, 5.74) is -2.04. The minimum Gasteiger partial charge on any atom is -0.393 e. The molecule has 1 saturated heterocycles. The molecule has 2 rings (SSSR count). The van der Waals surface area contributed by atoms with Crippen LogP contribution in [0, 0.1) is 12.8 Å². The number of hydrogen-bond acceptors (Lipinski definition) is 5. The highest BCUT2D eigenvalue weighted by Gasteiger charge is 2.51. The summed E-state index contributed by atoms with van der Waals surface area (Å²) < 4.78 is 6.87. The number of aliphatic hydroxyl groups excluding tert-OH is 2. The van der Waals surface area contributed by atoms with Crippen molar-refractivity contribution >= 4 is 0 Å². The molecule has 4 atom stereocenters. The molecular formula is C13H18N2O5. The van der Waals surface area contributed by atoms with Crippen LogP contribution in [0.25, 0.3) is 0 Å². The van der Waals surface area contributed by atoms with E-state index in [-0.39, 0.29) is 0 Å². The van der Waals surface area contributed by atoms with E-state index in [2.05, 4.69) is 11.6 Å². The van der Waals surface area contributed by atoms with Gasteiger partial charge in [-0.05, 0) is 6.92 Å². The molecule has 0 radical (unpaired) electrons. The molecule has 0 aliphatic carbocycles. The zero-order chi connectivity index (χ0) is 15.1. The first kappa shape index (κ1) is 14.7. The molecule has 1 aliphatic rings. The van der Waals surface area contributed by atoms with Crippen LogP contribution in [0.15, 0.2) is 28.4 Å². The van der Waals surface area contributed by atoms with Crippen molar-refractivity contribution in [3.8, 4) is 0 Å². The first-order valence-electron chi connectivity index (χ1n) is 6.28. The normalized spacial score (nSPS) is 33.3. The summed E-state index contributed by atoms with van der Waals surface area (Å²) in [6.07, 6.45) is 0.913. The van der Waals surface area contributed by atoms with Gasteiger partial charge in [0.25, 0.3) is 5.56 Å². The molecule has 3 N–H and O–H groups in total. The summed E-state index contributed by atoms with van der Waals surface area (Å²) in [6.45, 7) is 6.38. The van der Waals surface area contributed by atoms with Crippen LogP contribution in [0.2, 0.25) is 0 Å². The van der Waals surface area contributed by atoms with Gasteiger partial charge in [-0.3, -0.25) is 14.3 Å². The van der Waals surface area contributed by atoms with Crippen LogP contribution >= 0.6 is 0 Å². The van der Waals surface area contributed by atoms with Gasteiger partial charge in [-0.25, -0.2) is 4.79 Å². The van der Waals surface area contributed by atoms with Crippen molar-refractivity contribution in [2.75, 3.05) is 6.61 Å². The summed E-state index contributed by atoms with van der Waals surface area (Å²) in [7, 11) is 0. The van der Waals surface area contributed by atoms with Gasteiger partial charge in [0.1, 0.15) is 11.8 Å². The second-order valence-electron chi connectivity index (χ2n) is 5.11. The van der Waals surface area contributed by atoms with Crippen molar-refractivity contribution in [3.05, 3.63) is 45.3 Å². The fourth-order valence-corrected chi connectivity index (χ4v) is 2.45. The monoisotopic (exact) mass is 282 g/mol. The van der Waals surface area contributed by atoms with Crippen molar-refractivity contribution in [1.82, 2.24) is 9.55 Å². The Morgan fingerprint density at radius 2 is 2.25 bits per heavy atom. The Morgan fingerprint density at radius 3 is 2.75 bits per heavy atom. The molecule has 7 nitrogen and oxygen atoms in total. The lowest BCUT2D eigenvalue weighted by Crippen LogP contribution is -2.42. The van der Waals surface area contributed by atoms with Crippen molar-refractivity contribution in [2.24, 2.45) is 5.92 Å². The number of aromatic amines is 1. The van der Waals surface area contributed by atoms with E-state index in [1.54, 1.807) is 13.8 Å². The lowest BCUT2D eigenvalue weighted by molar-refractivity contribution is -0.0979. The smallest absolute Gasteiger partial charge is 0.330 e. The SMILES string of the molecule is C=CC1(CO)OC(n2cc(C)c(=O)[nH]c2=O)C(C)C1O. The van der Waals surface area contributed by atoms with E-state index in [1.165, 1.54) is 16.8 Å². The summed E-state index contributed by atoms with van der Waals surface area (Å²) >= 11 is 0. The van der Waals surface area contributed by atoms with Crippen LogP contribution in [0.1, 0.15) is 18.7 Å². The topological polar surface area (TPSA) is 105 Å². The van der Waals surface area contributed by atoms with Crippen molar-refractivity contribution in [1.29, 1.82) is 0 Å². The standard InChI is InChI=1S/C13H18N2O5/c1-4-13(6-16)9(17)8(3)11(20-13)15-5-7(2)10(18)14-12(15)19/h4-5,8-9,11,16-17H,1,6H2,2-3H3,(H,14,18,19). The lowest BCUT2D eigenvalue weighted by atomic mass is 9.91. The van der Waals surface area contributed by atoms with Crippen molar-refractivity contribution in [3.63, 3.8) is 0 Å². The number of rotatable bonds is 3. The second kappa shape index (κ2) is 5.01. The fraction of sp³-hybridized carbons (Fsp3) is 0.538. The molecule has 4 unspecified atom stereocenters. The molecule has 0 amide bonds. The molecule has 0 aromatic carbocycles. The highest BCUT2D eigenvalue weighted by Crippen LogP contribution is 2.41.